The molecular formula is C24H19N3O2. The Kier molecular flexibility index (Phi) is 3.84. The molecule has 0 N–H and O–H groups in total. The first-order valence-electron chi connectivity index (χ1n) is 9.65. The molecule has 5 nitrogen and oxygen atoms in total. The van der Waals surface area contributed by atoms with Gasteiger partial charge in [-0.2, -0.15) is 0 Å². The number of nitro groups is 1. The van der Waals surface area contributed by atoms with E-state index in [0.29, 0.717) is 11.3 Å². The van der Waals surface area contributed by atoms with Gasteiger partial charge in [-0.25, -0.2) is 4.98 Å². The van der Waals surface area contributed by atoms with Gasteiger partial charge in [0.2, 0.25) is 0 Å². The number of aromatic nitrogens is 2. The van der Waals surface area contributed by atoms with E-state index in [1.54, 1.807) is 6.92 Å². The van der Waals surface area contributed by atoms with Gasteiger partial charge in [-0.05, 0) is 38.1 Å². The molecule has 5 rings (SSSR count). The average Bonchev–Trinajstić information content (AvgIpc) is 3.06. The molecule has 0 bridgehead atoms. The SMILES string of the molecule is CCn1c2ccccc2c2cc(-c3nc4ccccc4c(C)c3[N+](=O)[O-])ccc21. The summed E-state index contributed by atoms with van der Waals surface area (Å²) in [4.78, 5) is 16.3. The van der Waals surface area contributed by atoms with Gasteiger partial charge in [0, 0.05) is 44.9 Å². The Balaban J connectivity index is 1.87. The quantitative estimate of drug-likeness (QED) is 0.274. The number of aryl methyl sites for hydroxylation is 2. The minimum Gasteiger partial charge on any atom is -0.341 e. The van der Waals surface area contributed by atoms with Crippen molar-refractivity contribution in [1.29, 1.82) is 0 Å². The number of rotatable bonds is 3. The van der Waals surface area contributed by atoms with Crippen LogP contribution in [0.1, 0.15) is 12.5 Å². The first-order valence-corrected chi connectivity index (χ1v) is 9.65. The molecule has 3 aromatic carbocycles. The Bertz CT molecular complexity index is 1430. The van der Waals surface area contributed by atoms with Gasteiger partial charge in [-0.3, -0.25) is 10.1 Å². The van der Waals surface area contributed by atoms with Crippen LogP contribution in [0.2, 0.25) is 0 Å². The maximum Gasteiger partial charge on any atom is 0.298 e. The van der Waals surface area contributed by atoms with Crippen molar-refractivity contribution in [2.75, 3.05) is 0 Å². The Hall–Kier alpha value is -3.73. The molecule has 0 unspecified atom stereocenters. The molecule has 5 heteroatoms. The van der Waals surface area contributed by atoms with E-state index >= 15 is 0 Å². The smallest absolute Gasteiger partial charge is 0.298 e. The van der Waals surface area contributed by atoms with Crippen LogP contribution < -0.4 is 0 Å². The van der Waals surface area contributed by atoms with Crippen LogP contribution in [-0.4, -0.2) is 14.5 Å². The van der Waals surface area contributed by atoms with E-state index in [4.69, 9.17) is 4.98 Å². The molecule has 0 atom stereocenters. The fourth-order valence-electron chi connectivity index (χ4n) is 4.33. The largest absolute Gasteiger partial charge is 0.341 e. The molecule has 0 amide bonds. The Morgan fingerprint density at radius 3 is 2.38 bits per heavy atom. The van der Waals surface area contributed by atoms with Crippen molar-refractivity contribution < 1.29 is 4.92 Å². The summed E-state index contributed by atoms with van der Waals surface area (Å²) < 4.78 is 2.27. The van der Waals surface area contributed by atoms with Crippen LogP contribution in [0.5, 0.6) is 0 Å². The van der Waals surface area contributed by atoms with Crippen molar-refractivity contribution in [3.63, 3.8) is 0 Å². The number of fused-ring (bicyclic) bond motifs is 4. The number of hydrogen-bond acceptors (Lipinski definition) is 3. The van der Waals surface area contributed by atoms with Gasteiger partial charge < -0.3 is 4.57 Å². The zero-order valence-corrected chi connectivity index (χ0v) is 16.2. The van der Waals surface area contributed by atoms with E-state index in [2.05, 4.69) is 23.6 Å². The Labute approximate surface area is 167 Å². The molecular weight excluding hydrogens is 362 g/mol. The number of hydrogen-bond donors (Lipinski definition) is 0. The minimum atomic E-state index is -0.316. The summed E-state index contributed by atoms with van der Waals surface area (Å²) in [5.74, 6) is 0. The highest BCUT2D eigenvalue weighted by Crippen LogP contribution is 2.38. The summed E-state index contributed by atoms with van der Waals surface area (Å²) >= 11 is 0. The van der Waals surface area contributed by atoms with E-state index in [9.17, 15) is 10.1 Å². The molecule has 0 saturated carbocycles. The van der Waals surface area contributed by atoms with Gasteiger partial charge >= 0.3 is 0 Å². The van der Waals surface area contributed by atoms with Gasteiger partial charge in [0.25, 0.3) is 5.69 Å². The van der Waals surface area contributed by atoms with Crippen molar-refractivity contribution in [3.05, 3.63) is 82.4 Å². The van der Waals surface area contributed by atoms with Gasteiger partial charge in [-0.15, -0.1) is 0 Å². The highest BCUT2D eigenvalue weighted by Gasteiger charge is 2.23. The Morgan fingerprint density at radius 1 is 0.931 bits per heavy atom. The van der Waals surface area contributed by atoms with Crippen molar-refractivity contribution in [2.45, 2.75) is 20.4 Å². The lowest BCUT2D eigenvalue weighted by molar-refractivity contribution is -0.384. The molecule has 0 saturated heterocycles. The van der Waals surface area contributed by atoms with Gasteiger partial charge in [0.1, 0.15) is 5.69 Å². The van der Waals surface area contributed by atoms with Crippen LogP contribution in [0.4, 0.5) is 5.69 Å². The Morgan fingerprint density at radius 2 is 1.62 bits per heavy atom. The van der Waals surface area contributed by atoms with Crippen molar-refractivity contribution in [1.82, 2.24) is 9.55 Å². The van der Waals surface area contributed by atoms with E-state index in [1.807, 2.05) is 54.6 Å². The molecule has 0 radical (unpaired) electrons. The zero-order valence-electron chi connectivity index (χ0n) is 16.2. The second kappa shape index (κ2) is 6.41. The predicted octanol–water partition coefficient (Wildman–Crippen LogP) is 6.25. The van der Waals surface area contributed by atoms with Gasteiger partial charge in [0.15, 0.2) is 0 Å². The number of para-hydroxylation sites is 2. The van der Waals surface area contributed by atoms with Gasteiger partial charge in [-0.1, -0.05) is 42.5 Å². The zero-order chi connectivity index (χ0) is 20.1. The molecule has 2 aromatic heterocycles. The fraction of sp³-hybridized carbons (Fsp3) is 0.125. The minimum absolute atomic E-state index is 0.0716. The summed E-state index contributed by atoms with van der Waals surface area (Å²) in [6, 6.07) is 21.9. The number of pyridine rings is 1. The van der Waals surface area contributed by atoms with Crippen LogP contribution in [0.3, 0.4) is 0 Å². The molecule has 142 valence electrons. The predicted molar refractivity (Wildman–Crippen MR) is 117 cm³/mol. The van der Waals surface area contributed by atoms with Crippen LogP contribution in [0.25, 0.3) is 44.0 Å². The monoisotopic (exact) mass is 381 g/mol. The van der Waals surface area contributed by atoms with Crippen molar-refractivity contribution >= 4 is 38.4 Å². The second-order valence-corrected chi connectivity index (χ2v) is 7.20. The summed E-state index contributed by atoms with van der Waals surface area (Å²) in [5.41, 5.74) is 4.95. The second-order valence-electron chi connectivity index (χ2n) is 7.20. The summed E-state index contributed by atoms with van der Waals surface area (Å²) in [7, 11) is 0. The maximum atomic E-state index is 11.9. The molecule has 29 heavy (non-hydrogen) atoms. The third kappa shape index (κ3) is 2.51. The molecule has 0 aliphatic heterocycles. The topological polar surface area (TPSA) is 61.0 Å². The standard InChI is InChI=1S/C24H19N3O2/c1-3-26-21-11-7-5-9-18(21)19-14-16(12-13-22(19)26)23-24(27(28)29)15(2)17-8-4-6-10-20(17)25-23/h4-14H,3H2,1-2H3. The highest BCUT2D eigenvalue weighted by atomic mass is 16.6. The maximum absolute atomic E-state index is 11.9. The van der Waals surface area contributed by atoms with Crippen LogP contribution >= 0.6 is 0 Å². The summed E-state index contributed by atoms with van der Waals surface area (Å²) in [5, 5.41) is 15.0. The average molecular weight is 381 g/mol. The lowest BCUT2D eigenvalue weighted by Gasteiger charge is -2.09. The van der Waals surface area contributed by atoms with E-state index in [1.165, 1.54) is 5.52 Å². The lowest BCUT2D eigenvalue weighted by Crippen LogP contribution is -1.99. The lowest BCUT2D eigenvalue weighted by atomic mass is 10.0. The number of benzene rings is 3. The van der Waals surface area contributed by atoms with E-state index in [-0.39, 0.29) is 10.6 Å². The molecule has 0 fully saturated rings. The number of nitrogens with zero attached hydrogens (tertiary/aromatic N) is 3. The molecule has 0 spiro atoms. The first kappa shape index (κ1) is 17.4. The molecule has 0 aliphatic carbocycles. The third-order valence-electron chi connectivity index (χ3n) is 5.66. The van der Waals surface area contributed by atoms with E-state index in [0.717, 1.165) is 39.3 Å². The van der Waals surface area contributed by atoms with E-state index < -0.39 is 0 Å². The van der Waals surface area contributed by atoms with Crippen molar-refractivity contribution in [2.24, 2.45) is 0 Å². The molecule has 0 aliphatic rings. The normalized spacial score (nSPS) is 11.5. The summed E-state index contributed by atoms with van der Waals surface area (Å²) in [6.45, 7) is 4.78. The third-order valence-corrected chi connectivity index (χ3v) is 5.66. The molecule has 5 aromatic rings. The fourth-order valence-corrected chi connectivity index (χ4v) is 4.33. The first-order chi connectivity index (χ1) is 14.1. The molecule has 2 heterocycles. The van der Waals surface area contributed by atoms with Gasteiger partial charge in [0.05, 0.1) is 10.4 Å². The van der Waals surface area contributed by atoms with Crippen molar-refractivity contribution in [3.8, 4) is 11.3 Å². The summed E-state index contributed by atoms with van der Waals surface area (Å²) in [6.07, 6.45) is 0. The van der Waals surface area contributed by atoms with Crippen LogP contribution in [-0.2, 0) is 6.54 Å². The van der Waals surface area contributed by atoms with Crippen LogP contribution in [0.15, 0.2) is 66.7 Å². The van der Waals surface area contributed by atoms with Crippen LogP contribution in [0, 0.1) is 17.0 Å². The highest BCUT2D eigenvalue weighted by molar-refractivity contribution is 6.09.